The molecule has 0 aliphatic carbocycles. The predicted octanol–water partition coefficient (Wildman–Crippen LogP) is 3.72. The second kappa shape index (κ2) is 7.80. The molecule has 2 heterocycles. The van der Waals surface area contributed by atoms with Gasteiger partial charge in [0.15, 0.2) is 0 Å². The average Bonchev–Trinajstić information content (AvgIpc) is 3.17. The maximum Gasteiger partial charge on any atom is 0.230 e. The number of nitrogens with zero attached hydrogens (tertiary/aromatic N) is 3. The monoisotopic (exact) mass is 373 g/mol. The summed E-state index contributed by atoms with van der Waals surface area (Å²) >= 11 is 0. The van der Waals surface area contributed by atoms with Gasteiger partial charge in [0.25, 0.3) is 0 Å². The van der Waals surface area contributed by atoms with Crippen molar-refractivity contribution in [2.45, 2.75) is 32.4 Å². The van der Waals surface area contributed by atoms with Gasteiger partial charge in [-0.25, -0.2) is 9.97 Å². The molecule has 0 bridgehead atoms. The largest absolute Gasteiger partial charge is 0.497 e. The molecule has 5 nitrogen and oxygen atoms in total. The van der Waals surface area contributed by atoms with Crippen LogP contribution in [-0.2, 0) is 24.3 Å². The summed E-state index contributed by atoms with van der Waals surface area (Å²) in [4.78, 5) is 24.0. The first kappa shape index (κ1) is 18.2. The van der Waals surface area contributed by atoms with Gasteiger partial charge < -0.3 is 9.64 Å². The van der Waals surface area contributed by atoms with Crippen molar-refractivity contribution in [3.05, 3.63) is 89.0 Å². The third kappa shape index (κ3) is 3.74. The highest BCUT2D eigenvalue weighted by atomic mass is 16.5. The summed E-state index contributed by atoms with van der Waals surface area (Å²) < 4.78 is 5.20. The first-order chi connectivity index (χ1) is 13.6. The van der Waals surface area contributed by atoms with Gasteiger partial charge in [-0.3, -0.25) is 4.79 Å². The third-order valence-electron chi connectivity index (χ3n) is 5.21. The molecule has 1 atom stereocenters. The minimum atomic E-state index is -0.165. The number of ether oxygens (including phenoxy) is 1. The van der Waals surface area contributed by atoms with E-state index in [0.29, 0.717) is 19.5 Å². The number of amides is 1. The summed E-state index contributed by atoms with van der Waals surface area (Å²) in [6, 6.07) is 17.8. The maximum atomic E-state index is 12.9. The standard InChI is InChI=1S/C23H23N3O2/c1-16(18-6-4-3-5-7-18)23(27)26-14-19-13-24-22(25-21(19)15-26)12-17-8-10-20(28-2)11-9-17/h3-11,13,16H,12,14-15H2,1-2H3. The molecule has 0 radical (unpaired) electrons. The van der Waals surface area contributed by atoms with E-state index >= 15 is 0 Å². The Bertz CT molecular complexity index is 971. The van der Waals surface area contributed by atoms with E-state index in [2.05, 4.69) is 4.98 Å². The second-order valence-corrected chi connectivity index (χ2v) is 7.11. The Morgan fingerprint density at radius 3 is 2.57 bits per heavy atom. The number of hydrogen-bond acceptors (Lipinski definition) is 4. The van der Waals surface area contributed by atoms with Crippen LogP contribution < -0.4 is 4.74 Å². The van der Waals surface area contributed by atoms with Gasteiger partial charge in [-0.1, -0.05) is 42.5 Å². The van der Waals surface area contributed by atoms with E-state index < -0.39 is 0 Å². The zero-order valence-electron chi connectivity index (χ0n) is 16.1. The molecule has 1 aliphatic heterocycles. The molecule has 0 saturated heterocycles. The third-order valence-corrected chi connectivity index (χ3v) is 5.21. The molecular formula is C23H23N3O2. The first-order valence-corrected chi connectivity index (χ1v) is 9.44. The molecule has 1 aliphatic rings. The summed E-state index contributed by atoms with van der Waals surface area (Å²) in [7, 11) is 1.66. The van der Waals surface area contributed by atoms with Crippen LogP contribution in [0.15, 0.2) is 60.8 Å². The fourth-order valence-electron chi connectivity index (χ4n) is 3.52. The molecule has 1 unspecified atom stereocenters. The fraction of sp³-hybridized carbons (Fsp3) is 0.261. The van der Waals surface area contributed by atoms with Crippen LogP contribution in [0.5, 0.6) is 5.75 Å². The van der Waals surface area contributed by atoms with E-state index in [1.165, 1.54) is 0 Å². The summed E-state index contributed by atoms with van der Waals surface area (Å²) in [5.74, 6) is 1.57. The summed E-state index contributed by atoms with van der Waals surface area (Å²) in [6.45, 7) is 3.08. The predicted molar refractivity (Wildman–Crippen MR) is 107 cm³/mol. The van der Waals surface area contributed by atoms with Crippen molar-refractivity contribution in [3.8, 4) is 5.75 Å². The zero-order valence-corrected chi connectivity index (χ0v) is 16.1. The van der Waals surface area contributed by atoms with Crippen LogP contribution in [-0.4, -0.2) is 27.9 Å². The van der Waals surface area contributed by atoms with Crippen molar-refractivity contribution in [2.24, 2.45) is 0 Å². The van der Waals surface area contributed by atoms with Crippen LogP contribution >= 0.6 is 0 Å². The van der Waals surface area contributed by atoms with E-state index in [1.54, 1.807) is 7.11 Å². The van der Waals surface area contributed by atoms with E-state index in [-0.39, 0.29) is 11.8 Å². The molecule has 5 heteroatoms. The second-order valence-electron chi connectivity index (χ2n) is 7.11. The molecule has 0 fully saturated rings. The minimum Gasteiger partial charge on any atom is -0.497 e. The Morgan fingerprint density at radius 1 is 1.11 bits per heavy atom. The molecule has 0 spiro atoms. The Hall–Kier alpha value is -3.21. The lowest BCUT2D eigenvalue weighted by atomic mass is 10.00. The molecule has 0 N–H and O–H groups in total. The number of fused-ring (bicyclic) bond motifs is 1. The van der Waals surface area contributed by atoms with Gasteiger partial charge in [0, 0.05) is 24.7 Å². The van der Waals surface area contributed by atoms with Crippen molar-refractivity contribution in [1.82, 2.24) is 14.9 Å². The van der Waals surface area contributed by atoms with Gasteiger partial charge in [-0.2, -0.15) is 0 Å². The number of methoxy groups -OCH3 is 1. The summed E-state index contributed by atoms with van der Waals surface area (Å²) in [5.41, 5.74) is 4.15. The van der Waals surface area contributed by atoms with Crippen molar-refractivity contribution in [3.63, 3.8) is 0 Å². The van der Waals surface area contributed by atoms with E-state index in [1.807, 2.05) is 72.6 Å². The topological polar surface area (TPSA) is 55.3 Å². The minimum absolute atomic E-state index is 0.126. The van der Waals surface area contributed by atoms with E-state index in [9.17, 15) is 4.79 Å². The number of benzene rings is 2. The zero-order chi connectivity index (χ0) is 19.5. The molecule has 3 aromatic rings. The fourth-order valence-corrected chi connectivity index (χ4v) is 3.52. The van der Waals surface area contributed by atoms with Crippen LogP contribution in [0, 0.1) is 0 Å². The van der Waals surface area contributed by atoms with Crippen LogP contribution in [0.1, 0.15) is 41.1 Å². The Kier molecular flexibility index (Phi) is 5.06. The lowest BCUT2D eigenvalue weighted by Crippen LogP contribution is -2.29. The van der Waals surface area contributed by atoms with Crippen LogP contribution in [0.3, 0.4) is 0 Å². The highest BCUT2D eigenvalue weighted by Gasteiger charge is 2.28. The smallest absolute Gasteiger partial charge is 0.230 e. The number of carbonyl (C=O) groups is 1. The van der Waals surface area contributed by atoms with Gasteiger partial charge in [0.05, 0.1) is 25.3 Å². The lowest BCUT2D eigenvalue weighted by molar-refractivity contribution is -0.133. The molecule has 2 aromatic carbocycles. The Balaban J connectivity index is 1.45. The normalized spacial score (nSPS) is 13.9. The summed E-state index contributed by atoms with van der Waals surface area (Å²) in [5, 5.41) is 0. The highest BCUT2D eigenvalue weighted by Crippen LogP contribution is 2.26. The maximum absolute atomic E-state index is 12.9. The molecule has 0 saturated carbocycles. The average molecular weight is 373 g/mol. The van der Waals surface area contributed by atoms with Crippen molar-refractivity contribution in [1.29, 1.82) is 0 Å². The molecule has 1 aromatic heterocycles. The molecule has 1 amide bonds. The molecule has 4 rings (SSSR count). The number of rotatable bonds is 5. The van der Waals surface area contributed by atoms with Gasteiger partial charge in [-0.05, 0) is 30.2 Å². The number of carbonyl (C=O) groups excluding carboxylic acids is 1. The quantitative estimate of drug-likeness (QED) is 0.684. The SMILES string of the molecule is COc1ccc(Cc2ncc3c(n2)CN(C(=O)C(C)c2ccccc2)C3)cc1. The van der Waals surface area contributed by atoms with Crippen molar-refractivity contribution in [2.75, 3.05) is 7.11 Å². The van der Waals surface area contributed by atoms with E-state index in [0.717, 1.165) is 34.0 Å². The van der Waals surface area contributed by atoms with Crippen molar-refractivity contribution >= 4 is 5.91 Å². The van der Waals surface area contributed by atoms with Gasteiger partial charge in [-0.15, -0.1) is 0 Å². The van der Waals surface area contributed by atoms with Crippen molar-refractivity contribution < 1.29 is 9.53 Å². The van der Waals surface area contributed by atoms with Crippen LogP contribution in [0.4, 0.5) is 0 Å². The lowest BCUT2D eigenvalue weighted by Gasteiger charge is -2.20. The van der Waals surface area contributed by atoms with Gasteiger partial charge >= 0.3 is 0 Å². The van der Waals surface area contributed by atoms with Gasteiger partial charge in [0.2, 0.25) is 5.91 Å². The van der Waals surface area contributed by atoms with Gasteiger partial charge in [0.1, 0.15) is 11.6 Å². The number of hydrogen-bond donors (Lipinski definition) is 0. The first-order valence-electron chi connectivity index (χ1n) is 9.44. The molecule has 142 valence electrons. The Morgan fingerprint density at radius 2 is 1.86 bits per heavy atom. The molecule has 28 heavy (non-hydrogen) atoms. The highest BCUT2D eigenvalue weighted by molar-refractivity contribution is 5.83. The molecular weight excluding hydrogens is 350 g/mol. The number of aromatic nitrogens is 2. The summed E-state index contributed by atoms with van der Waals surface area (Å²) in [6.07, 6.45) is 2.52. The van der Waals surface area contributed by atoms with E-state index in [4.69, 9.17) is 9.72 Å². The Labute approximate surface area is 165 Å². The van der Waals surface area contributed by atoms with Crippen LogP contribution in [0.2, 0.25) is 0 Å². The van der Waals surface area contributed by atoms with Crippen LogP contribution in [0.25, 0.3) is 0 Å².